The standard InChI is InChI=1S/C13H12N2O6/c16-8-21-12(17)5-2-6-14-7-10-9(13(14)18)3-1-4-11(10)15(19)20/h1,3-4,8H,2,5-7H2. The third kappa shape index (κ3) is 3.04. The normalized spacial score (nSPS) is 13.0. The minimum absolute atomic E-state index is 0.000951. The number of nitro benzene ring substituents is 1. The molecule has 1 heterocycles. The first-order valence-electron chi connectivity index (χ1n) is 6.23. The zero-order valence-electron chi connectivity index (χ0n) is 11.0. The molecular weight excluding hydrogens is 280 g/mol. The number of nitrogens with zero attached hydrogens (tertiary/aromatic N) is 2. The summed E-state index contributed by atoms with van der Waals surface area (Å²) in [6, 6.07) is 4.38. The van der Waals surface area contributed by atoms with Crippen molar-refractivity contribution in [2.45, 2.75) is 19.4 Å². The third-order valence-electron chi connectivity index (χ3n) is 3.20. The van der Waals surface area contributed by atoms with Gasteiger partial charge < -0.3 is 9.64 Å². The van der Waals surface area contributed by atoms with E-state index in [1.807, 2.05) is 0 Å². The summed E-state index contributed by atoms with van der Waals surface area (Å²) in [6.45, 7) is 0.467. The fraction of sp³-hybridized carbons (Fsp3) is 0.308. The zero-order chi connectivity index (χ0) is 15.4. The number of carbonyl (C=O) groups is 3. The minimum Gasteiger partial charge on any atom is -0.395 e. The van der Waals surface area contributed by atoms with E-state index in [2.05, 4.69) is 4.74 Å². The molecule has 2 rings (SSSR count). The van der Waals surface area contributed by atoms with E-state index < -0.39 is 10.9 Å². The molecule has 1 aliphatic rings. The van der Waals surface area contributed by atoms with Gasteiger partial charge in [-0.1, -0.05) is 6.07 Å². The lowest BCUT2D eigenvalue weighted by Crippen LogP contribution is -2.25. The number of benzene rings is 1. The van der Waals surface area contributed by atoms with Crippen LogP contribution in [0.25, 0.3) is 0 Å². The summed E-state index contributed by atoms with van der Waals surface area (Å²) in [5, 5.41) is 10.9. The highest BCUT2D eigenvalue weighted by molar-refractivity contribution is 5.99. The van der Waals surface area contributed by atoms with Crippen molar-refractivity contribution in [1.82, 2.24) is 4.90 Å². The van der Waals surface area contributed by atoms with E-state index in [0.717, 1.165) is 0 Å². The van der Waals surface area contributed by atoms with Gasteiger partial charge in [0, 0.05) is 19.0 Å². The molecule has 0 fully saturated rings. The average molecular weight is 292 g/mol. The number of nitro groups is 1. The van der Waals surface area contributed by atoms with Crippen molar-refractivity contribution < 1.29 is 24.0 Å². The van der Waals surface area contributed by atoms with Crippen LogP contribution in [0.5, 0.6) is 0 Å². The summed E-state index contributed by atoms with van der Waals surface area (Å²) in [5.41, 5.74) is 0.631. The minimum atomic E-state index is -0.667. The topological polar surface area (TPSA) is 107 Å². The third-order valence-corrected chi connectivity index (χ3v) is 3.20. The number of esters is 1. The molecule has 0 aromatic heterocycles. The molecule has 0 unspecified atom stereocenters. The van der Waals surface area contributed by atoms with E-state index in [4.69, 9.17) is 0 Å². The van der Waals surface area contributed by atoms with Crippen LogP contribution in [0.4, 0.5) is 5.69 Å². The number of amides is 1. The van der Waals surface area contributed by atoms with E-state index in [0.29, 0.717) is 17.5 Å². The molecule has 0 N–H and O–H groups in total. The summed E-state index contributed by atoms with van der Waals surface area (Å²) in [4.78, 5) is 44.9. The molecule has 0 atom stereocenters. The molecule has 1 aliphatic heterocycles. The van der Waals surface area contributed by atoms with Crippen LogP contribution < -0.4 is 0 Å². The van der Waals surface area contributed by atoms with Crippen LogP contribution in [0, 0.1) is 10.1 Å². The van der Waals surface area contributed by atoms with Crippen LogP contribution in [0.3, 0.4) is 0 Å². The maximum absolute atomic E-state index is 12.1. The lowest BCUT2D eigenvalue weighted by Gasteiger charge is -2.14. The molecule has 1 aromatic carbocycles. The maximum atomic E-state index is 12.1. The van der Waals surface area contributed by atoms with Crippen molar-refractivity contribution in [3.05, 3.63) is 39.4 Å². The first-order chi connectivity index (χ1) is 10.0. The first kappa shape index (κ1) is 14.6. The largest absolute Gasteiger partial charge is 0.395 e. The molecule has 0 radical (unpaired) electrons. The van der Waals surface area contributed by atoms with Gasteiger partial charge in [-0.25, -0.2) is 0 Å². The molecule has 0 bridgehead atoms. The Balaban J connectivity index is 2.02. The Hall–Kier alpha value is -2.77. The second-order valence-corrected chi connectivity index (χ2v) is 4.48. The van der Waals surface area contributed by atoms with Gasteiger partial charge in [0.15, 0.2) is 0 Å². The smallest absolute Gasteiger partial charge is 0.313 e. The Kier molecular flexibility index (Phi) is 4.27. The van der Waals surface area contributed by atoms with Gasteiger partial charge in [0.25, 0.3) is 11.6 Å². The lowest BCUT2D eigenvalue weighted by molar-refractivity contribution is -0.385. The fourth-order valence-electron chi connectivity index (χ4n) is 2.25. The fourth-order valence-corrected chi connectivity index (χ4v) is 2.25. The van der Waals surface area contributed by atoms with Crippen molar-refractivity contribution in [2.24, 2.45) is 0 Å². The second-order valence-electron chi connectivity index (χ2n) is 4.48. The van der Waals surface area contributed by atoms with Gasteiger partial charge in [0.2, 0.25) is 0 Å². The van der Waals surface area contributed by atoms with Crippen LogP contribution in [-0.2, 0) is 20.9 Å². The number of carbonyl (C=O) groups excluding carboxylic acids is 3. The summed E-state index contributed by atoms with van der Waals surface area (Å²) < 4.78 is 4.13. The highest BCUT2D eigenvalue weighted by Gasteiger charge is 2.32. The molecule has 0 aliphatic carbocycles. The Morgan fingerprint density at radius 1 is 1.48 bits per heavy atom. The van der Waals surface area contributed by atoms with Gasteiger partial charge in [-0.3, -0.25) is 24.5 Å². The number of fused-ring (bicyclic) bond motifs is 1. The molecule has 110 valence electrons. The molecular formula is C13H12N2O6. The molecule has 1 aromatic rings. The van der Waals surface area contributed by atoms with Crippen molar-refractivity contribution in [1.29, 1.82) is 0 Å². The van der Waals surface area contributed by atoms with E-state index in [-0.39, 0.29) is 37.6 Å². The summed E-state index contributed by atoms with van der Waals surface area (Å²) in [6.07, 6.45) is 0.321. The molecule has 0 saturated heterocycles. The first-order valence-corrected chi connectivity index (χ1v) is 6.23. The van der Waals surface area contributed by atoms with Crippen molar-refractivity contribution in [2.75, 3.05) is 6.54 Å². The van der Waals surface area contributed by atoms with Gasteiger partial charge >= 0.3 is 12.4 Å². The monoisotopic (exact) mass is 292 g/mol. The average Bonchev–Trinajstić information content (AvgIpc) is 2.76. The highest BCUT2D eigenvalue weighted by atomic mass is 16.6. The Bertz CT molecular complexity index is 613. The van der Waals surface area contributed by atoms with Gasteiger partial charge in [-0.05, 0) is 12.5 Å². The Labute approximate surface area is 119 Å². The molecule has 8 heteroatoms. The predicted octanol–water partition coefficient (Wildman–Crippen LogP) is 1.03. The van der Waals surface area contributed by atoms with Gasteiger partial charge in [-0.2, -0.15) is 0 Å². The van der Waals surface area contributed by atoms with Crippen LogP contribution in [-0.4, -0.2) is 34.7 Å². The number of hydrogen-bond acceptors (Lipinski definition) is 6. The molecule has 0 spiro atoms. The molecule has 0 saturated carbocycles. The summed E-state index contributed by atoms with van der Waals surface area (Å²) in [7, 11) is 0. The van der Waals surface area contributed by atoms with Crippen molar-refractivity contribution >= 4 is 24.0 Å². The van der Waals surface area contributed by atoms with Crippen molar-refractivity contribution in [3.63, 3.8) is 0 Å². The van der Waals surface area contributed by atoms with Gasteiger partial charge in [-0.15, -0.1) is 0 Å². The van der Waals surface area contributed by atoms with Crippen LogP contribution in [0.2, 0.25) is 0 Å². The summed E-state index contributed by atoms with van der Waals surface area (Å²) >= 11 is 0. The van der Waals surface area contributed by atoms with Gasteiger partial charge in [0.05, 0.1) is 22.6 Å². The molecule has 1 amide bonds. The number of ether oxygens (including phenoxy) is 1. The maximum Gasteiger partial charge on any atom is 0.313 e. The van der Waals surface area contributed by atoms with E-state index >= 15 is 0 Å². The van der Waals surface area contributed by atoms with E-state index in [1.165, 1.54) is 17.0 Å². The zero-order valence-corrected chi connectivity index (χ0v) is 11.0. The lowest BCUT2D eigenvalue weighted by atomic mass is 10.1. The number of rotatable bonds is 6. The number of hydrogen-bond donors (Lipinski definition) is 0. The highest BCUT2D eigenvalue weighted by Crippen LogP contribution is 2.30. The summed E-state index contributed by atoms with van der Waals surface area (Å²) in [5.74, 6) is -0.961. The van der Waals surface area contributed by atoms with Crippen LogP contribution >= 0.6 is 0 Å². The predicted molar refractivity (Wildman–Crippen MR) is 69.2 cm³/mol. The molecule has 8 nitrogen and oxygen atoms in total. The SMILES string of the molecule is O=COC(=O)CCCN1Cc2c(cccc2[N+](=O)[O-])C1=O. The quantitative estimate of drug-likeness (QED) is 0.255. The van der Waals surface area contributed by atoms with Crippen molar-refractivity contribution in [3.8, 4) is 0 Å². The Morgan fingerprint density at radius 2 is 2.24 bits per heavy atom. The van der Waals surface area contributed by atoms with Gasteiger partial charge in [0.1, 0.15) is 0 Å². The Morgan fingerprint density at radius 3 is 2.90 bits per heavy atom. The van der Waals surface area contributed by atoms with E-state index in [9.17, 15) is 24.5 Å². The second kappa shape index (κ2) is 6.12. The van der Waals surface area contributed by atoms with E-state index in [1.54, 1.807) is 6.07 Å². The molecule has 21 heavy (non-hydrogen) atoms. The van der Waals surface area contributed by atoms with Crippen LogP contribution in [0.1, 0.15) is 28.8 Å². The van der Waals surface area contributed by atoms with Crippen LogP contribution in [0.15, 0.2) is 18.2 Å².